The highest BCUT2D eigenvalue weighted by molar-refractivity contribution is 9.11. The van der Waals surface area contributed by atoms with E-state index in [0.717, 1.165) is 5.52 Å². The lowest BCUT2D eigenvalue weighted by molar-refractivity contribution is 0.461. The van der Waals surface area contributed by atoms with Crippen molar-refractivity contribution in [1.29, 1.82) is 0 Å². The molecule has 1 heterocycles. The fourth-order valence-electron chi connectivity index (χ4n) is 5.57. The van der Waals surface area contributed by atoms with E-state index in [-0.39, 0.29) is 5.41 Å². The summed E-state index contributed by atoms with van der Waals surface area (Å²) in [4.78, 5) is 3.43. The van der Waals surface area contributed by atoms with Gasteiger partial charge in [0, 0.05) is 37.4 Å². The molecule has 1 nitrogen and oxygen atoms in total. The van der Waals surface area contributed by atoms with Crippen molar-refractivity contribution < 1.29 is 0 Å². The molecule has 146 valence electrons. The fraction of sp³-hybridized carbons (Fsp3) is 0.231. The van der Waals surface area contributed by atoms with Crippen molar-refractivity contribution in [2.24, 2.45) is 0 Å². The van der Waals surface area contributed by atoms with E-state index in [1.165, 1.54) is 52.9 Å². The molecule has 1 aromatic heterocycles. The first kappa shape index (κ1) is 19.1. The van der Waals surface area contributed by atoms with Crippen LogP contribution in [-0.4, -0.2) is 4.98 Å². The summed E-state index contributed by atoms with van der Waals surface area (Å²) in [5.41, 5.74) is 8.10. The van der Waals surface area contributed by atoms with E-state index < -0.39 is 0 Å². The van der Waals surface area contributed by atoms with Crippen molar-refractivity contribution in [3.8, 4) is 0 Å². The fourth-order valence-corrected chi connectivity index (χ4v) is 6.74. The Hall–Kier alpha value is -1.84. The third-order valence-electron chi connectivity index (χ3n) is 6.56. The lowest BCUT2D eigenvalue weighted by Gasteiger charge is -2.35. The van der Waals surface area contributed by atoms with Gasteiger partial charge in [-0.15, -0.1) is 0 Å². The maximum absolute atomic E-state index is 3.89. The van der Waals surface area contributed by atoms with Crippen LogP contribution in [0.2, 0.25) is 0 Å². The SMILES string of the molecule is CC1=Cc2c(Br)cccc2C1C(C)(C)c1c(C)cc2c(Br)c3ccc[nH]c3cc12. The third kappa shape index (κ3) is 2.70. The molecule has 0 aliphatic heterocycles. The van der Waals surface area contributed by atoms with E-state index in [1.807, 2.05) is 6.20 Å². The summed E-state index contributed by atoms with van der Waals surface area (Å²) in [5, 5.41) is 3.86. The normalized spacial score (nSPS) is 16.5. The zero-order chi connectivity index (χ0) is 20.5. The van der Waals surface area contributed by atoms with Gasteiger partial charge in [-0.25, -0.2) is 0 Å². The number of hydrogen-bond acceptors (Lipinski definition) is 0. The Morgan fingerprint density at radius 2 is 1.72 bits per heavy atom. The van der Waals surface area contributed by atoms with Gasteiger partial charge in [0.05, 0.1) is 0 Å². The number of aromatic amines is 1. The van der Waals surface area contributed by atoms with Crippen LogP contribution >= 0.6 is 31.9 Å². The van der Waals surface area contributed by atoms with Crippen LogP contribution in [0.3, 0.4) is 0 Å². The molecule has 0 fully saturated rings. The van der Waals surface area contributed by atoms with Gasteiger partial charge in [0.25, 0.3) is 0 Å². The highest BCUT2D eigenvalue weighted by atomic mass is 79.9. The molecule has 29 heavy (non-hydrogen) atoms. The molecule has 1 N–H and O–H groups in total. The lowest BCUT2D eigenvalue weighted by Crippen LogP contribution is -2.27. The van der Waals surface area contributed by atoms with E-state index in [4.69, 9.17) is 0 Å². The predicted molar refractivity (Wildman–Crippen MR) is 132 cm³/mol. The Kier molecular flexibility index (Phi) is 4.34. The Balaban J connectivity index is 1.79. The number of benzene rings is 2. The van der Waals surface area contributed by atoms with Gasteiger partial charge in [0.2, 0.25) is 0 Å². The minimum absolute atomic E-state index is 0.0413. The standard InChI is InChI=1S/C26H23Br2N/c1-14-11-18-16(7-5-9-21(18)27)23(14)26(3,4)24-15(2)12-20-19(24)13-22-17(25(20)28)8-6-10-29-22/h5-13,23,29H,1-4H3. The number of H-pyrrole nitrogens is 1. The number of aryl methyl sites for hydroxylation is 1. The summed E-state index contributed by atoms with van der Waals surface area (Å²) < 4.78 is 2.36. The Morgan fingerprint density at radius 1 is 0.931 bits per heavy atom. The Morgan fingerprint density at radius 3 is 2.52 bits per heavy atom. The second-order valence-corrected chi connectivity index (χ2v) is 10.4. The number of halogens is 2. The summed E-state index contributed by atoms with van der Waals surface area (Å²) in [6.45, 7) is 9.34. The minimum Gasteiger partial charge on any atom is -0.361 e. The smallest absolute Gasteiger partial charge is 0.0471 e. The summed E-state index contributed by atoms with van der Waals surface area (Å²) in [6, 6.07) is 15.5. The quantitative estimate of drug-likeness (QED) is 0.279. The number of allylic oxidation sites excluding steroid dienone is 1. The van der Waals surface area contributed by atoms with Gasteiger partial charge in [0.1, 0.15) is 0 Å². The van der Waals surface area contributed by atoms with Gasteiger partial charge in [-0.05, 0) is 87.1 Å². The summed E-state index contributed by atoms with van der Waals surface area (Å²) in [7, 11) is 0. The highest BCUT2D eigenvalue weighted by Crippen LogP contribution is 2.53. The molecule has 4 aromatic rings. The molecular weight excluding hydrogens is 486 g/mol. The second kappa shape index (κ2) is 6.58. The van der Waals surface area contributed by atoms with E-state index >= 15 is 0 Å². The second-order valence-electron chi connectivity index (χ2n) is 8.77. The predicted octanol–water partition coefficient (Wildman–Crippen LogP) is 8.63. The first-order chi connectivity index (χ1) is 13.8. The maximum atomic E-state index is 3.89. The molecule has 3 aromatic carbocycles. The van der Waals surface area contributed by atoms with Crippen molar-refractivity contribution in [1.82, 2.24) is 4.98 Å². The molecule has 0 amide bonds. The van der Waals surface area contributed by atoms with Crippen LogP contribution < -0.4 is 0 Å². The molecule has 0 bridgehead atoms. The number of nitrogens with one attached hydrogen (secondary N) is 1. The van der Waals surface area contributed by atoms with Gasteiger partial charge in [-0.2, -0.15) is 0 Å². The molecule has 1 atom stereocenters. The largest absolute Gasteiger partial charge is 0.361 e. The third-order valence-corrected chi connectivity index (χ3v) is 8.10. The molecule has 1 aliphatic rings. The zero-order valence-electron chi connectivity index (χ0n) is 17.0. The number of pyridine rings is 1. The van der Waals surface area contributed by atoms with Crippen molar-refractivity contribution in [3.63, 3.8) is 0 Å². The van der Waals surface area contributed by atoms with Gasteiger partial charge in [-0.3, -0.25) is 0 Å². The number of hydrogen-bond donors (Lipinski definition) is 1. The molecular formula is C26H23Br2N. The van der Waals surface area contributed by atoms with Crippen molar-refractivity contribution in [2.45, 2.75) is 39.0 Å². The maximum Gasteiger partial charge on any atom is 0.0471 e. The molecule has 3 heteroatoms. The lowest BCUT2D eigenvalue weighted by atomic mass is 9.68. The van der Waals surface area contributed by atoms with Crippen molar-refractivity contribution >= 4 is 59.6 Å². The van der Waals surface area contributed by atoms with Crippen LogP contribution in [0.1, 0.15) is 48.9 Å². The van der Waals surface area contributed by atoms with Crippen LogP contribution in [0, 0.1) is 6.92 Å². The molecule has 1 unspecified atom stereocenters. The molecule has 0 saturated heterocycles. The van der Waals surface area contributed by atoms with Gasteiger partial charge >= 0.3 is 0 Å². The highest BCUT2D eigenvalue weighted by Gasteiger charge is 2.40. The van der Waals surface area contributed by atoms with E-state index in [2.05, 4.69) is 113 Å². The van der Waals surface area contributed by atoms with Crippen LogP contribution in [-0.2, 0) is 5.41 Å². The van der Waals surface area contributed by atoms with Gasteiger partial charge in [-0.1, -0.05) is 59.6 Å². The molecule has 0 spiro atoms. The summed E-state index contributed by atoms with van der Waals surface area (Å²) in [5.74, 6) is 0.355. The van der Waals surface area contributed by atoms with E-state index in [0.29, 0.717) is 5.92 Å². The van der Waals surface area contributed by atoms with Crippen LogP contribution in [0.25, 0.3) is 27.8 Å². The average Bonchev–Trinajstić information content (AvgIpc) is 3.20. The average molecular weight is 509 g/mol. The Bertz CT molecular complexity index is 1320. The van der Waals surface area contributed by atoms with E-state index in [1.54, 1.807) is 0 Å². The van der Waals surface area contributed by atoms with Crippen molar-refractivity contribution in [3.05, 3.63) is 85.4 Å². The number of fused-ring (bicyclic) bond motifs is 3. The molecule has 0 radical (unpaired) electrons. The molecule has 1 aliphatic carbocycles. The van der Waals surface area contributed by atoms with Gasteiger partial charge in [0.15, 0.2) is 0 Å². The monoisotopic (exact) mass is 507 g/mol. The topological polar surface area (TPSA) is 15.8 Å². The molecule has 5 rings (SSSR count). The summed E-state index contributed by atoms with van der Waals surface area (Å²) in [6.07, 6.45) is 4.35. The van der Waals surface area contributed by atoms with Crippen LogP contribution in [0.5, 0.6) is 0 Å². The van der Waals surface area contributed by atoms with E-state index in [9.17, 15) is 0 Å². The zero-order valence-corrected chi connectivity index (χ0v) is 20.2. The Labute approximate surface area is 188 Å². The first-order valence-electron chi connectivity index (χ1n) is 9.96. The van der Waals surface area contributed by atoms with Crippen LogP contribution in [0.15, 0.2) is 63.2 Å². The first-order valence-corrected chi connectivity index (χ1v) is 11.6. The van der Waals surface area contributed by atoms with Gasteiger partial charge < -0.3 is 4.98 Å². The van der Waals surface area contributed by atoms with Crippen LogP contribution in [0.4, 0.5) is 0 Å². The summed E-state index contributed by atoms with van der Waals surface area (Å²) >= 11 is 7.64. The number of aromatic nitrogens is 1. The molecule has 0 saturated carbocycles. The minimum atomic E-state index is -0.0413. The van der Waals surface area contributed by atoms with Crippen molar-refractivity contribution in [2.75, 3.05) is 0 Å². The number of rotatable bonds is 2.